The summed E-state index contributed by atoms with van der Waals surface area (Å²) >= 11 is 0. The Morgan fingerprint density at radius 3 is 2.60 bits per heavy atom. The summed E-state index contributed by atoms with van der Waals surface area (Å²) in [5, 5.41) is 12.4. The zero-order valence-electron chi connectivity index (χ0n) is 13.9. The summed E-state index contributed by atoms with van der Waals surface area (Å²) in [6.45, 7) is 2.47. The number of carbonyl (C=O) groups excluding carboxylic acids is 1. The smallest absolute Gasteiger partial charge is 0.255 e. The normalized spacial score (nSPS) is 10.3. The van der Waals surface area contributed by atoms with Gasteiger partial charge in [0.25, 0.3) is 5.91 Å². The number of ether oxygens (including phenoxy) is 1. The largest absolute Gasteiger partial charge is 0.506 e. The van der Waals surface area contributed by atoms with Gasteiger partial charge < -0.3 is 15.2 Å². The Hall–Kier alpha value is -3.27. The van der Waals surface area contributed by atoms with E-state index in [-0.39, 0.29) is 11.7 Å². The Balaban J connectivity index is 1.68. The molecule has 0 saturated carbocycles. The molecule has 0 radical (unpaired) electrons. The van der Waals surface area contributed by atoms with Gasteiger partial charge in [0.2, 0.25) is 0 Å². The van der Waals surface area contributed by atoms with Gasteiger partial charge in [0.15, 0.2) is 0 Å². The molecule has 0 aliphatic rings. The van der Waals surface area contributed by atoms with Gasteiger partial charge in [0.05, 0.1) is 5.69 Å². The van der Waals surface area contributed by atoms with Crippen LogP contribution in [0.5, 0.6) is 11.5 Å². The first kappa shape index (κ1) is 16.6. The van der Waals surface area contributed by atoms with Crippen LogP contribution in [0.1, 0.15) is 21.5 Å². The summed E-state index contributed by atoms with van der Waals surface area (Å²) in [6.07, 6.45) is 0. The Kier molecular flexibility index (Phi) is 5.00. The lowest BCUT2D eigenvalue weighted by molar-refractivity contribution is 0.102. The van der Waals surface area contributed by atoms with Crippen LogP contribution in [0.4, 0.5) is 5.69 Å². The molecular formula is C21H19NO3. The Bertz CT molecular complexity index is 890. The van der Waals surface area contributed by atoms with Gasteiger partial charge in [-0.3, -0.25) is 4.79 Å². The quantitative estimate of drug-likeness (QED) is 0.674. The molecule has 126 valence electrons. The first-order valence-electron chi connectivity index (χ1n) is 7.99. The monoisotopic (exact) mass is 333 g/mol. The van der Waals surface area contributed by atoms with E-state index in [1.54, 1.807) is 36.4 Å². The maximum atomic E-state index is 12.4. The van der Waals surface area contributed by atoms with Crippen LogP contribution in [0.25, 0.3) is 0 Å². The molecule has 2 N–H and O–H groups in total. The highest BCUT2D eigenvalue weighted by Gasteiger charge is 2.09. The second kappa shape index (κ2) is 7.53. The molecule has 0 aliphatic carbocycles. The van der Waals surface area contributed by atoms with Crippen molar-refractivity contribution in [3.63, 3.8) is 0 Å². The fourth-order valence-electron chi connectivity index (χ4n) is 2.47. The number of hydrogen-bond acceptors (Lipinski definition) is 3. The minimum atomic E-state index is -0.303. The van der Waals surface area contributed by atoms with Crippen molar-refractivity contribution < 1.29 is 14.6 Å². The van der Waals surface area contributed by atoms with E-state index in [1.165, 1.54) is 11.6 Å². The predicted molar refractivity (Wildman–Crippen MR) is 98.0 cm³/mol. The van der Waals surface area contributed by atoms with Crippen molar-refractivity contribution in [1.82, 2.24) is 0 Å². The fraction of sp³-hybridized carbons (Fsp3) is 0.0952. The van der Waals surface area contributed by atoms with Gasteiger partial charge in [-0.15, -0.1) is 0 Å². The highest BCUT2D eigenvalue weighted by molar-refractivity contribution is 6.05. The van der Waals surface area contributed by atoms with E-state index in [1.807, 2.05) is 31.2 Å². The van der Waals surface area contributed by atoms with E-state index in [4.69, 9.17) is 4.74 Å². The third kappa shape index (κ3) is 4.38. The van der Waals surface area contributed by atoms with Crippen molar-refractivity contribution in [1.29, 1.82) is 0 Å². The van der Waals surface area contributed by atoms with E-state index >= 15 is 0 Å². The molecule has 3 aromatic carbocycles. The molecular weight excluding hydrogens is 314 g/mol. The summed E-state index contributed by atoms with van der Waals surface area (Å²) in [7, 11) is 0. The van der Waals surface area contributed by atoms with Crippen molar-refractivity contribution in [2.45, 2.75) is 13.5 Å². The molecule has 25 heavy (non-hydrogen) atoms. The predicted octanol–water partition coefficient (Wildman–Crippen LogP) is 4.53. The first-order valence-corrected chi connectivity index (χ1v) is 7.99. The van der Waals surface area contributed by atoms with Gasteiger partial charge in [0, 0.05) is 5.56 Å². The third-order valence-corrected chi connectivity index (χ3v) is 3.74. The number of para-hydroxylation sites is 2. The topological polar surface area (TPSA) is 58.6 Å². The summed E-state index contributed by atoms with van der Waals surface area (Å²) in [6, 6.07) is 21.7. The second-order valence-corrected chi connectivity index (χ2v) is 5.78. The molecule has 3 rings (SSSR count). The Morgan fingerprint density at radius 1 is 1.00 bits per heavy atom. The van der Waals surface area contributed by atoms with Crippen molar-refractivity contribution in [2.24, 2.45) is 0 Å². The highest BCUT2D eigenvalue weighted by Crippen LogP contribution is 2.23. The number of phenols is 1. The van der Waals surface area contributed by atoms with Crippen molar-refractivity contribution in [3.05, 3.63) is 89.5 Å². The van der Waals surface area contributed by atoms with E-state index in [0.717, 1.165) is 5.56 Å². The van der Waals surface area contributed by atoms with Gasteiger partial charge in [-0.2, -0.15) is 0 Å². The van der Waals surface area contributed by atoms with Crippen LogP contribution in [0, 0.1) is 6.92 Å². The van der Waals surface area contributed by atoms with E-state index in [9.17, 15) is 9.90 Å². The van der Waals surface area contributed by atoms with E-state index in [0.29, 0.717) is 23.6 Å². The zero-order chi connectivity index (χ0) is 17.6. The molecule has 0 saturated heterocycles. The van der Waals surface area contributed by atoms with Crippen LogP contribution in [0.15, 0.2) is 72.8 Å². The molecule has 1 amide bonds. The number of benzene rings is 3. The number of nitrogens with one attached hydrogen (secondary N) is 1. The molecule has 4 nitrogen and oxygen atoms in total. The number of rotatable bonds is 5. The number of aromatic hydroxyl groups is 1. The maximum absolute atomic E-state index is 12.4. The number of carbonyl (C=O) groups is 1. The van der Waals surface area contributed by atoms with Crippen LogP contribution < -0.4 is 10.1 Å². The van der Waals surface area contributed by atoms with Gasteiger partial charge >= 0.3 is 0 Å². The summed E-state index contributed by atoms with van der Waals surface area (Å²) in [4.78, 5) is 12.4. The molecule has 0 aliphatic heterocycles. The van der Waals surface area contributed by atoms with Gasteiger partial charge in [-0.1, -0.05) is 48.0 Å². The van der Waals surface area contributed by atoms with E-state index in [2.05, 4.69) is 11.4 Å². The van der Waals surface area contributed by atoms with Crippen LogP contribution in [-0.2, 0) is 6.61 Å². The number of phenolic OH excluding ortho intramolecular Hbond substituents is 1. The van der Waals surface area contributed by atoms with Crippen molar-refractivity contribution in [3.8, 4) is 11.5 Å². The molecule has 0 bridgehead atoms. The zero-order valence-corrected chi connectivity index (χ0v) is 13.9. The van der Waals surface area contributed by atoms with Gasteiger partial charge in [0.1, 0.15) is 18.1 Å². The number of hydrogen-bond donors (Lipinski definition) is 2. The van der Waals surface area contributed by atoms with Gasteiger partial charge in [-0.05, 0) is 42.8 Å². The fourth-order valence-corrected chi connectivity index (χ4v) is 2.47. The Morgan fingerprint density at radius 2 is 1.80 bits per heavy atom. The van der Waals surface area contributed by atoms with Crippen molar-refractivity contribution in [2.75, 3.05) is 5.32 Å². The maximum Gasteiger partial charge on any atom is 0.255 e. The number of anilines is 1. The molecule has 0 spiro atoms. The summed E-state index contributed by atoms with van der Waals surface area (Å²) in [5.74, 6) is 0.344. The van der Waals surface area contributed by atoms with Crippen LogP contribution in [-0.4, -0.2) is 11.0 Å². The number of aryl methyl sites for hydroxylation is 1. The minimum absolute atomic E-state index is 0.0303. The van der Waals surface area contributed by atoms with E-state index < -0.39 is 0 Å². The standard InChI is InChI=1S/C21H19NO3/c1-15-6-4-7-16(12-15)14-25-18-9-5-8-17(13-18)21(24)22-19-10-2-3-11-20(19)23/h2-13,23H,14H2,1H3,(H,22,24). The Labute approximate surface area is 146 Å². The van der Waals surface area contributed by atoms with Crippen molar-refractivity contribution >= 4 is 11.6 Å². The summed E-state index contributed by atoms with van der Waals surface area (Å²) in [5.41, 5.74) is 3.09. The van der Waals surface area contributed by atoms with Crippen LogP contribution in [0.2, 0.25) is 0 Å². The molecule has 0 unspecified atom stereocenters. The average Bonchev–Trinajstić information content (AvgIpc) is 2.62. The molecule has 0 aromatic heterocycles. The van der Waals surface area contributed by atoms with Crippen LogP contribution in [0.3, 0.4) is 0 Å². The lowest BCUT2D eigenvalue weighted by Gasteiger charge is -2.10. The SMILES string of the molecule is Cc1cccc(COc2cccc(C(=O)Nc3ccccc3O)c2)c1. The van der Waals surface area contributed by atoms with Gasteiger partial charge in [-0.25, -0.2) is 0 Å². The third-order valence-electron chi connectivity index (χ3n) is 3.74. The average molecular weight is 333 g/mol. The second-order valence-electron chi connectivity index (χ2n) is 5.78. The lowest BCUT2D eigenvalue weighted by atomic mass is 10.1. The minimum Gasteiger partial charge on any atom is -0.506 e. The number of amides is 1. The molecule has 0 fully saturated rings. The highest BCUT2D eigenvalue weighted by atomic mass is 16.5. The first-order chi connectivity index (χ1) is 12.1. The molecule has 3 aromatic rings. The molecule has 0 atom stereocenters. The lowest BCUT2D eigenvalue weighted by Crippen LogP contribution is -2.12. The molecule has 0 heterocycles. The summed E-state index contributed by atoms with van der Waals surface area (Å²) < 4.78 is 5.78. The van der Waals surface area contributed by atoms with Crippen LogP contribution >= 0.6 is 0 Å². The molecule has 4 heteroatoms.